The van der Waals surface area contributed by atoms with Gasteiger partial charge in [0.05, 0.1) is 18.6 Å². The van der Waals surface area contributed by atoms with E-state index in [2.05, 4.69) is 141 Å². The Hall–Kier alpha value is -3.08. The lowest BCUT2D eigenvalue weighted by molar-refractivity contribution is 0.140. The molecule has 7 rings (SSSR count). The molecule has 0 radical (unpaired) electrons. The summed E-state index contributed by atoms with van der Waals surface area (Å²) in [5.74, 6) is 3.25. The predicted molar refractivity (Wildman–Crippen MR) is 259 cm³/mol. The Labute approximate surface area is 367 Å². The normalized spacial score (nSPS) is 21.4. The van der Waals surface area contributed by atoms with E-state index in [-0.39, 0.29) is 5.54 Å². The molecular weight excluding hydrogens is 747 g/mol. The van der Waals surface area contributed by atoms with Gasteiger partial charge < -0.3 is 14.0 Å². The molecule has 60 heavy (non-hydrogen) atoms. The molecule has 3 nitrogen and oxygen atoms in total. The van der Waals surface area contributed by atoms with E-state index in [4.69, 9.17) is 9.47 Å². The van der Waals surface area contributed by atoms with Gasteiger partial charge in [-0.1, -0.05) is 152 Å². The zero-order chi connectivity index (χ0) is 42.8. The first-order chi connectivity index (χ1) is 28.7. The van der Waals surface area contributed by atoms with Crippen molar-refractivity contribution in [3.05, 3.63) is 111 Å². The molecule has 0 amide bonds. The Bertz CT molecular complexity index is 1910. The SMILES string of the molecule is CCCCCCOc1c(C)cc(C2(c3cc(C)c(OCCCCCC)c(C)c3)C3=CC4C(C=C3c3ccccc32)CCC4[Si](C)(C)N(C2CCCCC2)C(C)(C)C)cc1C. The van der Waals surface area contributed by atoms with Gasteiger partial charge in [0.25, 0.3) is 0 Å². The Balaban J connectivity index is 1.39. The van der Waals surface area contributed by atoms with Crippen LogP contribution in [0.1, 0.15) is 175 Å². The van der Waals surface area contributed by atoms with Gasteiger partial charge in [0.15, 0.2) is 0 Å². The van der Waals surface area contributed by atoms with Gasteiger partial charge >= 0.3 is 0 Å². The number of nitrogens with zero attached hydrogens (tertiary/aromatic N) is 1. The van der Waals surface area contributed by atoms with Crippen molar-refractivity contribution in [2.45, 2.75) is 194 Å². The molecule has 3 atom stereocenters. The van der Waals surface area contributed by atoms with Crippen LogP contribution in [-0.4, -0.2) is 37.6 Å². The third-order valence-electron chi connectivity index (χ3n) is 15.3. The highest BCUT2D eigenvalue weighted by atomic mass is 28.3. The van der Waals surface area contributed by atoms with E-state index in [1.165, 1.54) is 139 Å². The highest BCUT2D eigenvalue weighted by Crippen LogP contribution is 2.63. The average Bonchev–Trinajstić information content (AvgIpc) is 3.76. The molecule has 4 heteroatoms. The molecular formula is C56H81NO2Si. The van der Waals surface area contributed by atoms with Crippen molar-refractivity contribution in [3.8, 4) is 11.5 Å². The van der Waals surface area contributed by atoms with E-state index in [1.54, 1.807) is 0 Å². The van der Waals surface area contributed by atoms with Crippen LogP contribution >= 0.6 is 0 Å². The lowest BCUT2D eigenvalue weighted by Crippen LogP contribution is -2.64. The molecule has 4 aliphatic rings. The zero-order valence-corrected chi connectivity index (χ0v) is 40.9. The van der Waals surface area contributed by atoms with Gasteiger partial charge in [0.1, 0.15) is 19.7 Å². The second-order valence-corrected chi connectivity index (χ2v) is 25.6. The summed E-state index contributed by atoms with van der Waals surface area (Å²) in [6.45, 7) is 28.3. The largest absolute Gasteiger partial charge is 0.493 e. The number of hydrogen-bond acceptors (Lipinski definition) is 3. The van der Waals surface area contributed by atoms with Crippen LogP contribution in [0.4, 0.5) is 0 Å². The number of aryl methyl sites for hydroxylation is 4. The van der Waals surface area contributed by atoms with Crippen molar-refractivity contribution >= 4 is 13.8 Å². The Morgan fingerprint density at radius 1 is 0.667 bits per heavy atom. The summed E-state index contributed by atoms with van der Waals surface area (Å²) in [6.07, 6.45) is 24.9. The van der Waals surface area contributed by atoms with Crippen LogP contribution < -0.4 is 9.47 Å². The summed E-state index contributed by atoms with van der Waals surface area (Å²) in [5.41, 5.74) is 13.9. The zero-order valence-electron chi connectivity index (χ0n) is 39.9. The van der Waals surface area contributed by atoms with Gasteiger partial charge in [-0.2, -0.15) is 0 Å². The first kappa shape index (κ1) is 45.0. The Morgan fingerprint density at radius 2 is 1.20 bits per heavy atom. The van der Waals surface area contributed by atoms with Crippen LogP contribution in [0.2, 0.25) is 18.6 Å². The molecule has 0 spiro atoms. The number of unbranched alkanes of at least 4 members (excludes halogenated alkanes) is 6. The van der Waals surface area contributed by atoms with Crippen LogP contribution in [0, 0.1) is 39.5 Å². The summed E-state index contributed by atoms with van der Waals surface area (Å²) in [7, 11) is -1.93. The van der Waals surface area contributed by atoms with Crippen molar-refractivity contribution in [3.63, 3.8) is 0 Å². The number of benzene rings is 3. The maximum atomic E-state index is 6.63. The summed E-state index contributed by atoms with van der Waals surface area (Å²) < 4.78 is 16.4. The van der Waals surface area contributed by atoms with Crippen molar-refractivity contribution in [1.29, 1.82) is 0 Å². The van der Waals surface area contributed by atoms with E-state index in [1.807, 2.05) is 0 Å². The van der Waals surface area contributed by atoms with Gasteiger partial charge in [-0.3, -0.25) is 0 Å². The Morgan fingerprint density at radius 3 is 1.72 bits per heavy atom. The minimum Gasteiger partial charge on any atom is -0.493 e. The third kappa shape index (κ3) is 8.52. The van der Waals surface area contributed by atoms with Crippen LogP contribution in [0.25, 0.3) is 5.57 Å². The molecule has 0 aromatic heterocycles. The number of hydrogen-bond donors (Lipinski definition) is 0. The maximum Gasteiger partial charge on any atom is 0.126 e. The van der Waals surface area contributed by atoms with E-state index in [0.29, 0.717) is 23.4 Å². The monoisotopic (exact) mass is 828 g/mol. The smallest absolute Gasteiger partial charge is 0.126 e. The van der Waals surface area contributed by atoms with Crippen molar-refractivity contribution < 1.29 is 9.47 Å². The quantitative estimate of drug-likeness (QED) is 0.0999. The van der Waals surface area contributed by atoms with Gasteiger partial charge in [0, 0.05) is 11.6 Å². The molecule has 3 aromatic rings. The fourth-order valence-electron chi connectivity index (χ4n) is 13.0. The molecule has 326 valence electrons. The molecule has 0 saturated heterocycles. The summed E-state index contributed by atoms with van der Waals surface area (Å²) in [5, 5.41) is 0. The van der Waals surface area contributed by atoms with Gasteiger partial charge in [-0.05, 0) is 154 Å². The summed E-state index contributed by atoms with van der Waals surface area (Å²) in [6, 6.07) is 20.2. The fourth-order valence-corrected chi connectivity index (χ4v) is 18.5. The minimum absolute atomic E-state index is 0.162. The third-order valence-corrected chi connectivity index (χ3v) is 20.1. The van der Waals surface area contributed by atoms with E-state index < -0.39 is 13.7 Å². The molecule has 0 bridgehead atoms. The average molecular weight is 828 g/mol. The number of rotatable bonds is 17. The molecule has 2 saturated carbocycles. The van der Waals surface area contributed by atoms with Gasteiger partial charge in [-0.25, -0.2) is 0 Å². The van der Waals surface area contributed by atoms with Crippen molar-refractivity contribution in [1.82, 2.24) is 4.57 Å². The Kier molecular flexibility index (Phi) is 14.0. The molecule has 0 aliphatic heterocycles. The second-order valence-electron chi connectivity index (χ2n) is 21.1. The van der Waals surface area contributed by atoms with Crippen LogP contribution in [-0.2, 0) is 5.41 Å². The highest BCUT2D eigenvalue weighted by Gasteiger charge is 2.56. The van der Waals surface area contributed by atoms with E-state index in [9.17, 15) is 0 Å². The number of fused-ring (bicyclic) bond motifs is 4. The lowest BCUT2D eigenvalue weighted by Gasteiger charge is -2.55. The van der Waals surface area contributed by atoms with E-state index in [0.717, 1.165) is 37.6 Å². The lowest BCUT2D eigenvalue weighted by atomic mass is 9.64. The second kappa shape index (κ2) is 18.7. The summed E-state index contributed by atoms with van der Waals surface area (Å²) >= 11 is 0. The topological polar surface area (TPSA) is 21.7 Å². The fraction of sp³-hybridized carbons (Fsp3) is 0.607. The van der Waals surface area contributed by atoms with Crippen molar-refractivity contribution in [2.24, 2.45) is 11.8 Å². The first-order valence-electron chi connectivity index (χ1n) is 24.6. The molecule has 0 heterocycles. The molecule has 3 unspecified atom stereocenters. The van der Waals surface area contributed by atoms with Gasteiger partial charge in [0.2, 0.25) is 0 Å². The maximum absolute atomic E-state index is 6.63. The molecule has 4 aliphatic carbocycles. The number of ether oxygens (including phenoxy) is 2. The predicted octanol–water partition coefficient (Wildman–Crippen LogP) is 15.5. The first-order valence-corrected chi connectivity index (χ1v) is 27.6. The van der Waals surface area contributed by atoms with Gasteiger partial charge in [-0.15, -0.1) is 0 Å². The van der Waals surface area contributed by atoms with Crippen molar-refractivity contribution in [2.75, 3.05) is 13.2 Å². The van der Waals surface area contributed by atoms with E-state index >= 15 is 0 Å². The molecule has 3 aromatic carbocycles. The van der Waals surface area contributed by atoms with Crippen LogP contribution in [0.3, 0.4) is 0 Å². The standard InChI is InChI=1S/C56H81NO2Si/c1-12-14-16-23-31-58-53-39(3)33-44(34-40(53)4)56(45-35-41(5)54(42(6)36-45)59-32-24-17-15-13-2)50-28-22-21-27-47(50)49-37-43-29-30-52(48(43)38-51(49)56)60(10,11)57(55(7,8)9)46-25-19-18-20-26-46/h21-22,27-28,33-38,43,46,48,52H,12-20,23-26,29-32H2,1-11H3. The highest BCUT2D eigenvalue weighted by molar-refractivity contribution is 6.76. The van der Waals surface area contributed by atoms with Crippen LogP contribution in [0.15, 0.2) is 66.3 Å². The minimum atomic E-state index is -1.93. The summed E-state index contributed by atoms with van der Waals surface area (Å²) in [4.78, 5) is 0. The molecule has 0 N–H and O–H groups in total. The molecule has 2 fully saturated rings. The number of allylic oxidation sites excluding steroid dienone is 4. The van der Waals surface area contributed by atoms with Crippen LogP contribution in [0.5, 0.6) is 11.5 Å².